The largest absolute Gasteiger partial charge is 0.478 e. The Bertz CT molecular complexity index is 470. The van der Waals surface area contributed by atoms with E-state index in [1.807, 2.05) is 0 Å². The second-order valence-electron chi connectivity index (χ2n) is 4.70. The zero-order valence-electron chi connectivity index (χ0n) is 11.1. The van der Waals surface area contributed by atoms with Gasteiger partial charge in [-0.05, 0) is 42.8 Å². The number of thiocarbonyl (C=S) groups is 1. The van der Waals surface area contributed by atoms with Gasteiger partial charge in [0.1, 0.15) is 0 Å². The summed E-state index contributed by atoms with van der Waals surface area (Å²) >= 11 is 5.18. The predicted molar refractivity (Wildman–Crippen MR) is 79.8 cm³/mol. The van der Waals surface area contributed by atoms with E-state index < -0.39 is 5.97 Å². The molecule has 0 saturated carbocycles. The quantitative estimate of drug-likeness (QED) is 0.715. The predicted octanol–water partition coefficient (Wildman–Crippen LogP) is 1.53. The fourth-order valence-electron chi connectivity index (χ4n) is 2.02. The van der Waals surface area contributed by atoms with Crippen LogP contribution in [-0.4, -0.2) is 35.4 Å². The van der Waals surface area contributed by atoms with Crippen LogP contribution in [0.2, 0.25) is 0 Å². The van der Waals surface area contributed by atoms with Gasteiger partial charge in [0, 0.05) is 19.7 Å². The fraction of sp³-hybridized carbons (Fsp3) is 0.429. The number of hydrogen-bond donors (Lipinski definition) is 3. The lowest BCUT2D eigenvalue weighted by atomic mass is 10.1. The molecule has 20 heavy (non-hydrogen) atoms. The molecule has 1 aliphatic heterocycles. The summed E-state index contributed by atoms with van der Waals surface area (Å²) in [6.45, 7) is 2.13. The van der Waals surface area contributed by atoms with E-state index >= 15 is 0 Å². The van der Waals surface area contributed by atoms with Crippen LogP contribution in [0.5, 0.6) is 0 Å². The first kappa shape index (κ1) is 14.7. The number of carbonyl (C=O) groups is 1. The van der Waals surface area contributed by atoms with Crippen LogP contribution in [0.15, 0.2) is 24.3 Å². The Kier molecular flexibility index (Phi) is 5.31. The summed E-state index contributed by atoms with van der Waals surface area (Å²) in [4.78, 5) is 10.7. The summed E-state index contributed by atoms with van der Waals surface area (Å²) in [5.74, 6) is -0.918. The summed E-state index contributed by atoms with van der Waals surface area (Å²) < 4.78 is 5.50. The van der Waals surface area contributed by atoms with Gasteiger partial charge in [0.15, 0.2) is 5.11 Å². The highest BCUT2D eigenvalue weighted by molar-refractivity contribution is 7.80. The molecular weight excluding hydrogens is 276 g/mol. The molecule has 5 nitrogen and oxygen atoms in total. The van der Waals surface area contributed by atoms with Crippen molar-refractivity contribution in [2.24, 2.45) is 0 Å². The molecule has 1 aromatic rings. The van der Waals surface area contributed by atoms with Gasteiger partial charge in [-0.2, -0.15) is 0 Å². The summed E-state index contributed by atoms with van der Waals surface area (Å²) in [7, 11) is 0. The lowest BCUT2D eigenvalue weighted by Crippen LogP contribution is -2.39. The Morgan fingerprint density at radius 3 is 2.70 bits per heavy atom. The van der Waals surface area contributed by atoms with E-state index in [-0.39, 0.29) is 11.7 Å². The Hall–Kier alpha value is -1.66. The normalized spacial score (nSPS) is 17.7. The highest BCUT2D eigenvalue weighted by Gasteiger charge is 2.15. The maximum Gasteiger partial charge on any atom is 0.335 e. The molecule has 2 rings (SSSR count). The topological polar surface area (TPSA) is 70.6 Å². The van der Waals surface area contributed by atoms with Gasteiger partial charge in [-0.3, -0.25) is 0 Å². The number of hydrogen-bond acceptors (Lipinski definition) is 3. The van der Waals surface area contributed by atoms with Crippen LogP contribution in [0.25, 0.3) is 0 Å². The maximum atomic E-state index is 10.7. The highest BCUT2D eigenvalue weighted by Crippen LogP contribution is 2.10. The van der Waals surface area contributed by atoms with Gasteiger partial charge in [-0.15, -0.1) is 0 Å². The molecule has 1 aliphatic rings. The third-order valence-corrected chi connectivity index (χ3v) is 3.46. The van der Waals surface area contributed by atoms with Crippen molar-refractivity contribution in [1.29, 1.82) is 0 Å². The third-order valence-electron chi connectivity index (χ3n) is 3.17. The maximum absolute atomic E-state index is 10.7. The van der Waals surface area contributed by atoms with Crippen molar-refractivity contribution in [3.8, 4) is 0 Å². The van der Waals surface area contributed by atoms with Crippen molar-refractivity contribution in [3.05, 3.63) is 35.4 Å². The molecule has 1 atom stereocenters. The first-order chi connectivity index (χ1) is 9.65. The van der Waals surface area contributed by atoms with Gasteiger partial charge >= 0.3 is 5.97 Å². The van der Waals surface area contributed by atoms with E-state index in [1.165, 1.54) is 0 Å². The second-order valence-corrected chi connectivity index (χ2v) is 5.11. The van der Waals surface area contributed by atoms with Crippen LogP contribution in [0.1, 0.15) is 28.8 Å². The lowest BCUT2D eigenvalue weighted by molar-refractivity contribution is 0.0697. The smallest absolute Gasteiger partial charge is 0.335 e. The Labute approximate surface area is 123 Å². The zero-order chi connectivity index (χ0) is 14.4. The number of carboxylic acid groups (broad SMARTS) is 1. The molecule has 0 bridgehead atoms. The average Bonchev–Trinajstić information content (AvgIpc) is 2.96. The van der Waals surface area contributed by atoms with E-state index in [4.69, 9.17) is 22.1 Å². The molecule has 6 heteroatoms. The molecule has 108 valence electrons. The number of benzene rings is 1. The van der Waals surface area contributed by atoms with E-state index in [9.17, 15) is 4.79 Å². The molecule has 0 spiro atoms. The first-order valence-electron chi connectivity index (χ1n) is 6.60. The minimum absolute atomic E-state index is 0.254. The summed E-state index contributed by atoms with van der Waals surface area (Å²) in [6, 6.07) is 6.72. The van der Waals surface area contributed by atoms with Crippen LogP contribution in [-0.2, 0) is 11.3 Å². The van der Waals surface area contributed by atoms with Crippen molar-refractivity contribution < 1.29 is 14.6 Å². The number of rotatable bonds is 5. The van der Waals surface area contributed by atoms with Gasteiger partial charge in [0.25, 0.3) is 0 Å². The molecule has 1 heterocycles. The van der Waals surface area contributed by atoms with Crippen LogP contribution in [0.3, 0.4) is 0 Å². The SMILES string of the molecule is O=C(O)c1ccc(CNC(=S)NC[C@@H]2CCCO2)cc1. The van der Waals surface area contributed by atoms with Crippen LogP contribution < -0.4 is 10.6 Å². The fourth-order valence-corrected chi connectivity index (χ4v) is 2.18. The number of nitrogens with one attached hydrogen (secondary N) is 2. The molecule has 0 radical (unpaired) electrons. The average molecular weight is 294 g/mol. The molecule has 3 N–H and O–H groups in total. The molecule has 1 aromatic carbocycles. The zero-order valence-corrected chi connectivity index (χ0v) is 11.9. The molecule has 0 aromatic heterocycles. The number of aromatic carboxylic acids is 1. The Morgan fingerprint density at radius 1 is 1.35 bits per heavy atom. The molecule has 1 saturated heterocycles. The lowest BCUT2D eigenvalue weighted by Gasteiger charge is -2.14. The minimum atomic E-state index is -0.918. The Morgan fingerprint density at radius 2 is 2.10 bits per heavy atom. The molecule has 0 amide bonds. The standard InChI is InChI=1S/C14H18N2O3S/c17-13(18)11-5-3-10(4-6-11)8-15-14(20)16-9-12-2-1-7-19-12/h3-6,12H,1-2,7-9H2,(H,17,18)(H2,15,16,20)/t12-/m0/s1. The van der Waals surface area contributed by atoms with Crippen LogP contribution in [0.4, 0.5) is 0 Å². The molecule has 0 unspecified atom stereocenters. The Balaban J connectivity index is 1.70. The van der Waals surface area contributed by atoms with Crippen molar-refractivity contribution >= 4 is 23.3 Å². The third kappa shape index (κ3) is 4.47. The summed E-state index contributed by atoms with van der Waals surface area (Å²) in [5, 5.41) is 15.6. The van der Waals surface area contributed by atoms with E-state index in [0.717, 1.165) is 31.6 Å². The van der Waals surface area contributed by atoms with Gasteiger partial charge in [-0.25, -0.2) is 4.79 Å². The van der Waals surface area contributed by atoms with Crippen LogP contribution in [0, 0.1) is 0 Å². The number of ether oxygens (including phenoxy) is 1. The van der Waals surface area contributed by atoms with Crippen molar-refractivity contribution in [3.63, 3.8) is 0 Å². The minimum Gasteiger partial charge on any atom is -0.478 e. The molecule has 1 fully saturated rings. The molecular formula is C14H18N2O3S. The van der Waals surface area contributed by atoms with Gasteiger partial charge in [-0.1, -0.05) is 12.1 Å². The van der Waals surface area contributed by atoms with E-state index in [1.54, 1.807) is 24.3 Å². The van der Waals surface area contributed by atoms with Crippen molar-refractivity contribution in [2.45, 2.75) is 25.5 Å². The van der Waals surface area contributed by atoms with E-state index in [2.05, 4.69) is 10.6 Å². The van der Waals surface area contributed by atoms with Gasteiger partial charge < -0.3 is 20.5 Å². The summed E-state index contributed by atoms with van der Waals surface area (Å²) in [6.07, 6.45) is 2.44. The highest BCUT2D eigenvalue weighted by atomic mass is 32.1. The molecule has 0 aliphatic carbocycles. The van der Waals surface area contributed by atoms with Crippen LogP contribution >= 0.6 is 12.2 Å². The first-order valence-corrected chi connectivity index (χ1v) is 7.01. The van der Waals surface area contributed by atoms with Gasteiger partial charge in [0.2, 0.25) is 0 Å². The summed E-state index contributed by atoms with van der Waals surface area (Å²) in [5.41, 5.74) is 1.27. The number of carboxylic acids is 1. The monoisotopic (exact) mass is 294 g/mol. The van der Waals surface area contributed by atoms with Crippen molar-refractivity contribution in [2.75, 3.05) is 13.2 Å². The van der Waals surface area contributed by atoms with Crippen molar-refractivity contribution in [1.82, 2.24) is 10.6 Å². The van der Waals surface area contributed by atoms with Gasteiger partial charge in [0.05, 0.1) is 11.7 Å². The van der Waals surface area contributed by atoms with E-state index in [0.29, 0.717) is 11.7 Å². The second kappa shape index (κ2) is 7.21.